The number of carbonyl (C=O) groups is 1. The second-order valence-corrected chi connectivity index (χ2v) is 5.65. The van der Waals surface area contributed by atoms with Crippen molar-refractivity contribution in [2.75, 3.05) is 33.7 Å². The number of likely N-dealkylation sites (N-methyl/N-ethyl adjacent to an activating group) is 1. The normalized spacial score (nSPS) is 19.2. The molecule has 0 aliphatic heterocycles. The molecule has 2 N–H and O–H groups in total. The predicted octanol–water partition coefficient (Wildman–Crippen LogP) is 0.914. The second kappa shape index (κ2) is 5.83. The van der Waals surface area contributed by atoms with E-state index in [9.17, 15) is 4.79 Å². The van der Waals surface area contributed by atoms with E-state index in [-0.39, 0.29) is 5.91 Å². The molecule has 4 nitrogen and oxygen atoms in total. The zero-order chi connectivity index (χ0) is 13.1. The molecule has 0 aromatic rings. The molecule has 1 unspecified atom stereocenters. The van der Waals surface area contributed by atoms with Crippen molar-refractivity contribution in [3.63, 3.8) is 0 Å². The van der Waals surface area contributed by atoms with E-state index in [1.54, 1.807) is 0 Å². The second-order valence-electron chi connectivity index (χ2n) is 5.65. The zero-order valence-corrected chi connectivity index (χ0v) is 11.7. The maximum absolute atomic E-state index is 12.4. The largest absolute Gasteiger partial charge is 0.340 e. The molecule has 1 aliphatic carbocycles. The Balaban J connectivity index is 2.58. The van der Waals surface area contributed by atoms with Gasteiger partial charge in [0.15, 0.2) is 0 Å². The molecule has 0 spiro atoms. The minimum absolute atomic E-state index is 0.128. The lowest BCUT2D eigenvalue weighted by molar-refractivity contribution is -0.137. The molecule has 1 fully saturated rings. The van der Waals surface area contributed by atoms with E-state index in [4.69, 9.17) is 5.73 Å². The van der Waals surface area contributed by atoms with Gasteiger partial charge in [0, 0.05) is 19.6 Å². The minimum atomic E-state index is -0.651. The Labute approximate surface area is 105 Å². The van der Waals surface area contributed by atoms with Crippen LogP contribution in [0, 0.1) is 5.92 Å². The van der Waals surface area contributed by atoms with E-state index < -0.39 is 5.54 Å². The zero-order valence-electron chi connectivity index (χ0n) is 11.7. The first-order valence-electron chi connectivity index (χ1n) is 6.62. The molecular formula is C13H27N3O. The monoisotopic (exact) mass is 241 g/mol. The highest BCUT2D eigenvalue weighted by molar-refractivity contribution is 5.86. The summed E-state index contributed by atoms with van der Waals surface area (Å²) in [6, 6.07) is 0. The fraction of sp³-hybridized carbons (Fsp3) is 0.923. The fourth-order valence-corrected chi connectivity index (χ4v) is 2.10. The fourth-order valence-electron chi connectivity index (χ4n) is 2.10. The topological polar surface area (TPSA) is 49.6 Å². The minimum Gasteiger partial charge on any atom is -0.340 e. The van der Waals surface area contributed by atoms with E-state index in [0.29, 0.717) is 5.92 Å². The Morgan fingerprint density at radius 2 is 1.88 bits per heavy atom. The van der Waals surface area contributed by atoms with E-state index in [0.717, 1.165) is 38.9 Å². The maximum atomic E-state index is 12.4. The molecule has 1 rings (SSSR count). The third-order valence-electron chi connectivity index (χ3n) is 3.48. The summed E-state index contributed by atoms with van der Waals surface area (Å²) in [6.45, 7) is 6.48. The highest BCUT2D eigenvalue weighted by Crippen LogP contribution is 2.38. The van der Waals surface area contributed by atoms with Gasteiger partial charge in [-0.25, -0.2) is 0 Å². The third kappa shape index (κ3) is 3.96. The Hall–Kier alpha value is -0.610. The van der Waals surface area contributed by atoms with Crippen molar-refractivity contribution in [3.05, 3.63) is 0 Å². The standard InChI is InChI=1S/C13H27N3O/c1-5-8-16(10-9-15(3)4)12(17)13(2,14)11-6-7-11/h11H,5-10,14H2,1-4H3. The Morgan fingerprint density at radius 1 is 1.29 bits per heavy atom. The van der Waals surface area contributed by atoms with Crippen LogP contribution in [0.2, 0.25) is 0 Å². The molecule has 1 atom stereocenters. The number of hydrogen-bond donors (Lipinski definition) is 1. The summed E-state index contributed by atoms with van der Waals surface area (Å²) >= 11 is 0. The summed E-state index contributed by atoms with van der Waals surface area (Å²) in [5.41, 5.74) is 5.55. The van der Waals surface area contributed by atoms with Gasteiger partial charge in [0.25, 0.3) is 0 Å². The summed E-state index contributed by atoms with van der Waals surface area (Å²) in [5.74, 6) is 0.525. The Bertz CT molecular complexity index is 259. The third-order valence-corrected chi connectivity index (χ3v) is 3.48. The van der Waals surface area contributed by atoms with Crippen LogP contribution >= 0.6 is 0 Å². The summed E-state index contributed by atoms with van der Waals surface area (Å²) in [5, 5.41) is 0. The molecular weight excluding hydrogens is 214 g/mol. The predicted molar refractivity (Wildman–Crippen MR) is 70.7 cm³/mol. The van der Waals surface area contributed by atoms with E-state index in [1.165, 1.54) is 0 Å². The van der Waals surface area contributed by atoms with Crippen molar-refractivity contribution in [1.82, 2.24) is 9.80 Å². The van der Waals surface area contributed by atoms with Crippen LogP contribution in [0.3, 0.4) is 0 Å². The van der Waals surface area contributed by atoms with Crippen molar-refractivity contribution < 1.29 is 4.79 Å². The van der Waals surface area contributed by atoms with Gasteiger partial charge in [-0.05, 0) is 46.2 Å². The SMILES string of the molecule is CCCN(CCN(C)C)C(=O)C(C)(N)C1CC1. The van der Waals surface area contributed by atoms with E-state index in [1.807, 2.05) is 25.9 Å². The molecule has 4 heteroatoms. The van der Waals surface area contributed by atoms with Gasteiger partial charge in [-0.3, -0.25) is 4.79 Å². The molecule has 1 aliphatic rings. The van der Waals surface area contributed by atoms with Crippen LogP contribution in [0.4, 0.5) is 0 Å². The van der Waals surface area contributed by atoms with Crippen LogP contribution in [-0.2, 0) is 4.79 Å². The van der Waals surface area contributed by atoms with Gasteiger partial charge in [-0.1, -0.05) is 6.92 Å². The molecule has 0 heterocycles. The van der Waals surface area contributed by atoms with Crippen molar-refractivity contribution in [2.24, 2.45) is 11.7 Å². The summed E-state index contributed by atoms with van der Waals surface area (Å²) in [6.07, 6.45) is 3.19. The number of amides is 1. The van der Waals surface area contributed by atoms with Gasteiger partial charge >= 0.3 is 0 Å². The van der Waals surface area contributed by atoms with Gasteiger partial charge in [-0.2, -0.15) is 0 Å². The smallest absolute Gasteiger partial charge is 0.242 e. The Morgan fingerprint density at radius 3 is 2.29 bits per heavy atom. The first-order chi connectivity index (χ1) is 7.89. The van der Waals surface area contributed by atoms with Gasteiger partial charge in [0.1, 0.15) is 0 Å². The van der Waals surface area contributed by atoms with Gasteiger partial charge in [0.05, 0.1) is 5.54 Å². The molecule has 0 bridgehead atoms. The van der Waals surface area contributed by atoms with Gasteiger partial charge < -0.3 is 15.5 Å². The molecule has 0 saturated heterocycles. The van der Waals surface area contributed by atoms with Crippen LogP contribution in [0.1, 0.15) is 33.1 Å². The van der Waals surface area contributed by atoms with E-state index in [2.05, 4.69) is 11.8 Å². The van der Waals surface area contributed by atoms with Crippen LogP contribution in [0.5, 0.6) is 0 Å². The number of nitrogens with zero attached hydrogens (tertiary/aromatic N) is 2. The van der Waals surface area contributed by atoms with Crippen LogP contribution in [0.15, 0.2) is 0 Å². The van der Waals surface area contributed by atoms with Crippen molar-refractivity contribution in [2.45, 2.75) is 38.6 Å². The van der Waals surface area contributed by atoms with Crippen LogP contribution in [0.25, 0.3) is 0 Å². The van der Waals surface area contributed by atoms with Gasteiger partial charge in [-0.15, -0.1) is 0 Å². The summed E-state index contributed by atoms with van der Waals surface area (Å²) < 4.78 is 0. The van der Waals surface area contributed by atoms with Crippen LogP contribution in [-0.4, -0.2) is 55.0 Å². The quantitative estimate of drug-likeness (QED) is 0.721. The van der Waals surface area contributed by atoms with E-state index >= 15 is 0 Å². The van der Waals surface area contributed by atoms with Crippen LogP contribution < -0.4 is 5.73 Å². The summed E-state index contributed by atoms with van der Waals surface area (Å²) in [7, 11) is 4.05. The van der Waals surface area contributed by atoms with Crippen molar-refractivity contribution in [1.29, 1.82) is 0 Å². The number of carbonyl (C=O) groups excluding carboxylic acids is 1. The molecule has 17 heavy (non-hydrogen) atoms. The lowest BCUT2D eigenvalue weighted by Crippen LogP contribution is -2.56. The molecule has 100 valence electrons. The average Bonchev–Trinajstić information content (AvgIpc) is 3.06. The molecule has 1 amide bonds. The highest BCUT2D eigenvalue weighted by Gasteiger charge is 2.45. The maximum Gasteiger partial charge on any atom is 0.242 e. The lowest BCUT2D eigenvalue weighted by atomic mass is 9.95. The molecule has 1 saturated carbocycles. The summed E-state index contributed by atoms with van der Waals surface area (Å²) in [4.78, 5) is 16.5. The first kappa shape index (κ1) is 14.5. The Kier molecular flexibility index (Phi) is 4.95. The molecule has 0 radical (unpaired) electrons. The first-order valence-corrected chi connectivity index (χ1v) is 6.62. The van der Waals surface area contributed by atoms with Gasteiger partial charge in [0.2, 0.25) is 5.91 Å². The molecule has 0 aromatic heterocycles. The average molecular weight is 241 g/mol. The number of rotatable bonds is 7. The van der Waals surface area contributed by atoms with Crippen molar-refractivity contribution in [3.8, 4) is 0 Å². The number of hydrogen-bond acceptors (Lipinski definition) is 3. The highest BCUT2D eigenvalue weighted by atomic mass is 16.2. The van der Waals surface area contributed by atoms with Crippen molar-refractivity contribution >= 4 is 5.91 Å². The number of nitrogens with two attached hydrogens (primary N) is 1. The molecule has 0 aromatic carbocycles. The lowest BCUT2D eigenvalue weighted by Gasteiger charge is -2.32.